The van der Waals surface area contributed by atoms with Gasteiger partial charge in [-0.1, -0.05) is 6.07 Å². The summed E-state index contributed by atoms with van der Waals surface area (Å²) in [4.78, 5) is 24.4. The first-order valence-corrected chi connectivity index (χ1v) is 7.26. The van der Waals surface area contributed by atoms with Crippen molar-refractivity contribution in [2.45, 2.75) is 13.3 Å². The molecule has 2 aromatic rings. The monoisotopic (exact) mass is 354 g/mol. The van der Waals surface area contributed by atoms with Crippen molar-refractivity contribution in [2.24, 2.45) is 0 Å². The minimum absolute atomic E-state index is 0.0235. The van der Waals surface area contributed by atoms with Crippen molar-refractivity contribution in [3.8, 4) is 0 Å². The van der Waals surface area contributed by atoms with E-state index in [1.807, 2.05) is 0 Å². The number of hydrogen-bond acceptors (Lipinski definition) is 2. The zero-order chi connectivity index (χ0) is 18.6. The van der Waals surface area contributed by atoms with Crippen molar-refractivity contribution < 1.29 is 27.2 Å². The van der Waals surface area contributed by atoms with Gasteiger partial charge in [0, 0.05) is 31.6 Å². The number of carbonyl (C=O) groups excluding carboxylic acids is 2. The molecule has 0 aliphatic rings. The van der Waals surface area contributed by atoms with Crippen molar-refractivity contribution in [1.82, 2.24) is 0 Å². The molecule has 1 N–H and O–H groups in total. The molecule has 0 spiro atoms. The standard InChI is InChI=1S/C17H14F4N2O2/c1-10(24)23(17-13(19)3-2-4-14(17)20)8-7-16(25)22-11-5-6-12(18)15(21)9-11/h2-6,9H,7-8H2,1H3,(H,22,25). The molecule has 0 aliphatic heterocycles. The number of benzene rings is 2. The number of hydrogen-bond donors (Lipinski definition) is 1. The molecule has 0 radical (unpaired) electrons. The third kappa shape index (κ3) is 4.56. The lowest BCUT2D eigenvalue weighted by atomic mass is 10.2. The third-order valence-corrected chi connectivity index (χ3v) is 3.35. The van der Waals surface area contributed by atoms with E-state index in [0.29, 0.717) is 0 Å². The Balaban J connectivity index is 2.07. The number of carbonyl (C=O) groups is 2. The summed E-state index contributed by atoms with van der Waals surface area (Å²) in [5, 5.41) is 2.31. The molecule has 0 atom stereocenters. The Bertz CT molecular complexity index is 791. The number of para-hydroxylation sites is 1. The summed E-state index contributed by atoms with van der Waals surface area (Å²) >= 11 is 0. The first-order valence-electron chi connectivity index (χ1n) is 7.26. The second-order valence-corrected chi connectivity index (χ2v) is 5.17. The van der Waals surface area contributed by atoms with E-state index in [0.717, 1.165) is 48.2 Å². The molecule has 2 rings (SSSR count). The second kappa shape index (κ2) is 7.78. The van der Waals surface area contributed by atoms with Gasteiger partial charge in [0.2, 0.25) is 11.8 Å². The predicted molar refractivity (Wildman–Crippen MR) is 84.0 cm³/mol. The molecule has 2 amide bonds. The molecular formula is C17H14F4N2O2. The lowest BCUT2D eigenvalue weighted by Crippen LogP contribution is -2.33. The third-order valence-electron chi connectivity index (χ3n) is 3.35. The van der Waals surface area contributed by atoms with Crippen molar-refractivity contribution in [1.29, 1.82) is 0 Å². The Hall–Kier alpha value is -2.90. The molecule has 2 aromatic carbocycles. The van der Waals surface area contributed by atoms with E-state index in [2.05, 4.69) is 5.32 Å². The van der Waals surface area contributed by atoms with Gasteiger partial charge in [-0.15, -0.1) is 0 Å². The number of halogens is 4. The number of anilines is 2. The highest BCUT2D eigenvalue weighted by molar-refractivity contribution is 5.95. The summed E-state index contributed by atoms with van der Waals surface area (Å²) in [6.07, 6.45) is -0.299. The Kier molecular flexibility index (Phi) is 5.74. The van der Waals surface area contributed by atoms with E-state index in [9.17, 15) is 27.2 Å². The molecule has 0 unspecified atom stereocenters. The molecule has 8 heteroatoms. The molecule has 0 fully saturated rings. The van der Waals surface area contributed by atoms with Gasteiger partial charge in [0.25, 0.3) is 0 Å². The minimum atomic E-state index is -1.13. The van der Waals surface area contributed by atoms with Crippen LogP contribution in [-0.2, 0) is 9.59 Å². The fraction of sp³-hybridized carbons (Fsp3) is 0.176. The van der Waals surface area contributed by atoms with Crippen LogP contribution < -0.4 is 10.2 Å². The van der Waals surface area contributed by atoms with Crippen LogP contribution >= 0.6 is 0 Å². The van der Waals surface area contributed by atoms with Crippen molar-refractivity contribution >= 4 is 23.2 Å². The highest BCUT2D eigenvalue weighted by Crippen LogP contribution is 2.23. The van der Waals surface area contributed by atoms with E-state index in [1.54, 1.807) is 0 Å². The van der Waals surface area contributed by atoms with E-state index in [-0.39, 0.29) is 18.7 Å². The van der Waals surface area contributed by atoms with E-state index in [1.165, 1.54) is 0 Å². The zero-order valence-corrected chi connectivity index (χ0v) is 13.2. The van der Waals surface area contributed by atoms with Gasteiger partial charge in [-0.25, -0.2) is 17.6 Å². The quantitative estimate of drug-likeness (QED) is 0.834. The van der Waals surface area contributed by atoms with Crippen LogP contribution in [0.15, 0.2) is 36.4 Å². The maximum absolute atomic E-state index is 13.8. The van der Waals surface area contributed by atoms with Crippen LogP contribution in [0, 0.1) is 23.3 Å². The number of rotatable bonds is 5. The number of nitrogens with one attached hydrogen (secondary N) is 1. The SMILES string of the molecule is CC(=O)N(CCC(=O)Nc1ccc(F)c(F)c1)c1c(F)cccc1F. The van der Waals surface area contributed by atoms with Gasteiger partial charge < -0.3 is 10.2 Å². The maximum atomic E-state index is 13.8. The van der Waals surface area contributed by atoms with Gasteiger partial charge in [0.1, 0.15) is 17.3 Å². The summed E-state index contributed by atoms with van der Waals surface area (Å²) in [7, 11) is 0. The fourth-order valence-electron chi connectivity index (χ4n) is 2.18. The molecule has 25 heavy (non-hydrogen) atoms. The first-order chi connectivity index (χ1) is 11.8. The Morgan fingerprint density at radius 1 is 0.960 bits per heavy atom. The van der Waals surface area contributed by atoms with Crippen LogP contribution in [0.25, 0.3) is 0 Å². The lowest BCUT2D eigenvalue weighted by Gasteiger charge is -2.22. The minimum Gasteiger partial charge on any atom is -0.326 e. The predicted octanol–water partition coefficient (Wildman–Crippen LogP) is 3.62. The smallest absolute Gasteiger partial charge is 0.226 e. The second-order valence-electron chi connectivity index (χ2n) is 5.17. The summed E-state index contributed by atoms with van der Waals surface area (Å²) < 4.78 is 53.5. The topological polar surface area (TPSA) is 49.4 Å². The highest BCUT2D eigenvalue weighted by Gasteiger charge is 2.21. The molecule has 0 saturated carbocycles. The van der Waals surface area contributed by atoms with E-state index < -0.39 is 40.8 Å². The van der Waals surface area contributed by atoms with Gasteiger partial charge in [0.15, 0.2) is 11.6 Å². The molecule has 0 heterocycles. The van der Waals surface area contributed by atoms with Crippen LogP contribution in [0.2, 0.25) is 0 Å². The van der Waals surface area contributed by atoms with E-state index in [4.69, 9.17) is 0 Å². The molecule has 0 aromatic heterocycles. The molecule has 132 valence electrons. The van der Waals surface area contributed by atoms with Gasteiger partial charge in [0.05, 0.1) is 0 Å². The van der Waals surface area contributed by atoms with Crippen molar-refractivity contribution in [3.63, 3.8) is 0 Å². The maximum Gasteiger partial charge on any atom is 0.226 e. The van der Waals surface area contributed by atoms with Crippen LogP contribution in [0.5, 0.6) is 0 Å². The van der Waals surface area contributed by atoms with Crippen molar-refractivity contribution in [3.05, 3.63) is 59.7 Å². The number of amides is 2. The summed E-state index contributed by atoms with van der Waals surface area (Å²) in [6.45, 7) is 0.821. The molecule has 0 aliphatic carbocycles. The average Bonchev–Trinajstić information content (AvgIpc) is 2.53. The van der Waals surface area contributed by atoms with Gasteiger partial charge in [-0.2, -0.15) is 0 Å². The molecule has 4 nitrogen and oxygen atoms in total. The molecule has 0 saturated heterocycles. The first kappa shape index (κ1) is 18.4. The lowest BCUT2D eigenvalue weighted by molar-refractivity contribution is -0.117. The summed E-state index contributed by atoms with van der Waals surface area (Å²) in [5.41, 5.74) is -0.522. The van der Waals surface area contributed by atoms with E-state index >= 15 is 0 Å². The largest absolute Gasteiger partial charge is 0.326 e. The Morgan fingerprint density at radius 2 is 1.60 bits per heavy atom. The van der Waals surface area contributed by atoms with Crippen LogP contribution in [0.3, 0.4) is 0 Å². The van der Waals surface area contributed by atoms with Gasteiger partial charge >= 0.3 is 0 Å². The fourth-order valence-corrected chi connectivity index (χ4v) is 2.18. The van der Waals surface area contributed by atoms with Crippen LogP contribution in [-0.4, -0.2) is 18.4 Å². The normalized spacial score (nSPS) is 10.4. The van der Waals surface area contributed by atoms with Gasteiger partial charge in [-0.05, 0) is 24.3 Å². The number of nitrogens with zero attached hydrogens (tertiary/aromatic N) is 1. The molecule has 0 bridgehead atoms. The van der Waals surface area contributed by atoms with Crippen LogP contribution in [0.4, 0.5) is 28.9 Å². The Morgan fingerprint density at radius 3 is 2.16 bits per heavy atom. The highest BCUT2D eigenvalue weighted by atomic mass is 19.2. The van der Waals surface area contributed by atoms with Crippen molar-refractivity contribution in [2.75, 3.05) is 16.8 Å². The zero-order valence-electron chi connectivity index (χ0n) is 13.2. The van der Waals surface area contributed by atoms with Crippen LogP contribution in [0.1, 0.15) is 13.3 Å². The summed E-state index contributed by atoms with van der Waals surface area (Å²) in [5.74, 6) is -5.33. The Labute approximate surface area is 141 Å². The van der Waals surface area contributed by atoms with Gasteiger partial charge in [-0.3, -0.25) is 9.59 Å². The summed E-state index contributed by atoms with van der Waals surface area (Å²) in [6, 6.07) is 5.96. The molecular weight excluding hydrogens is 340 g/mol. The average molecular weight is 354 g/mol.